The molecule has 0 aliphatic heterocycles. The molecule has 1 saturated carbocycles. The van der Waals surface area contributed by atoms with Gasteiger partial charge in [0.2, 0.25) is 10.0 Å². The first-order valence-corrected chi connectivity index (χ1v) is 11.2. The lowest BCUT2D eigenvalue weighted by molar-refractivity contribution is 0.203. The van der Waals surface area contributed by atoms with Crippen molar-refractivity contribution in [2.24, 2.45) is 7.05 Å². The zero-order valence-corrected chi connectivity index (χ0v) is 17.4. The highest BCUT2D eigenvalue weighted by molar-refractivity contribution is 7.89. The van der Waals surface area contributed by atoms with Crippen LogP contribution in [-0.4, -0.2) is 29.8 Å². The summed E-state index contributed by atoms with van der Waals surface area (Å²) in [5.41, 5.74) is 0.975. The van der Waals surface area contributed by atoms with Crippen LogP contribution in [0.1, 0.15) is 59.9 Å². The summed E-state index contributed by atoms with van der Waals surface area (Å²) in [6.07, 6.45) is 3.61. The van der Waals surface area contributed by atoms with Crippen LogP contribution in [0.15, 0.2) is 17.0 Å². The smallest absolute Gasteiger partial charge is 0.244 e. The molecule has 2 aromatic rings. The second kappa shape index (κ2) is 7.07. The Morgan fingerprint density at radius 2 is 2.00 bits per heavy atom. The third kappa shape index (κ3) is 3.47. The van der Waals surface area contributed by atoms with Gasteiger partial charge in [-0.2, -0.15) is 5.10 Å². The van der Waals surface area contributed by atoms with Crippen molar-refractivity contribution in [1.82, 2.24) is 14.5 Å². The lowest BCUT2D eigenvalue weighted by Gasteiger charge is -2.28. The molecule has 0 saturated heterocycles. The van der Waals surface area contributed by atoms with E-state index in [1.54, 1.807) is 43.8 Å². The van der Waals surface area contributed by atoms with Gasteiger partial charge in [0.05, 0.1) is 17.5 Å². The normalized spacial score (nSPS) is 18.3. The Hall–Kier alpha value is -1.22. The molecule has 0 spiro atoms. The minimum Gasteiger partial charge on any atom is -0.388 e. The second-order valence-electron chi connectivity index (χ2n) is 7.31. The molecule has 0 amide bonds. The number of thiophene rings is 1. The van der Waals surface area contributed by atoms with Gasteiger partial charge in [0.1, 0.15) is 4.90 Å². The van der Waals surface area contributed by atoms with Gasteiger partial charge >= 0.3 is 0 Å². The minimum absolute atomic E-state index is 0.186. The van der Waals surface area contributed by atoms with E-state index in [1.807, 2.05) is 12.1 Å². The predicted molar refractivity (Wildman–Crippen MR) is 103 cm³/mol. The number of nitrogens with zero attached hydrogens (tertiary/aromatic N) is 2. The molecule has 1 unspecified atom stereocenters. The summed E-state index contributed by atoms with van der Waals surface area (Å²) >= 11 is 1.59. The van der Waals surface area contributed by atoms with Crippen LogP contribution in [0.3, 0.4) is 0 Å². The molecule has 2 N–H and O–H groups in total. The largest absolute Gasteiger partial charge is 0.388 e. The molecule has 0 radical (unpaired) electrons. The van der Waals surface area contributed by atoms with E-state index in [4.69, 9.17) is 0 Å². The van der Waals surface area contributed by atoms with Gasteiger partial charge in [0.15, 0.2) is 0 Å². The van der Waals surface area contributed by atoms with Gasteiger partial charge in [-0.05, 0) is 45.7 Å². The molecule has 1 fully saturated rings. The number of hydrogen-bond donors (Lipinski definition) is 2. The Kier molecular flexibility index (Phi) is 5.31. The topological polar surface area (TPSA) is 84.2 Å². The molecule has 2 heterocycles. The average Bonchev–Trinajstić information content (AvgIpc) is 3.26. The average molecular weight is 398 g/mol. The Bertz CT molecular complexity index is 891. The Balaban J connectivity index is 1.87. The summed E-state index contributed by atoms with van der Waals surface area (Å²) in [4.78, 5) is 2.37. The lowest BCUT2D eigenvalue weighted by Crippen LogP contribution is -2.38. The minimum atomic E-state index is -3.62. The maximum absolute atomic E-state index is 12.9. The van der Waals surface area contributed by atoms with Crippen LogP contribution in [0.25, 0.3) is 0 Å². The molecule has 1 aliphatic rings. The highest BCUT2D eigenvalue weighted by Crippen LogP contribution is 2.44. The van der Waals surface area contributed by atoms with Crippen molar-refractivity contribution in [2.45, 2.75) is 62.9 Å². The van der Waals surface area contributed by atoms with E-state index < -0.39 is 16.1 Å². The maximum Gasteiger partial charge on any atom is 0.244 e. The van der Waals surface area contributed by atoms with Gasteiger partial charge in [-0.25, -0.2) is 13.1 Å². The summed E-state index contributed by atoms with van der Waals surface area (Å²) < 4.78 is 30.3. The second-order valence-corrected chi connectivity index (χ2v) is 10.1. The van der Waals surface area contributed by atoms with E-state index in [-0.39, 0.29) is 10.3 Å². The summed E-state index contributed by atoms with van der Waals surface area (Å²) in [5.74, 6) is 0. The monoisotopic (exact) mass is 397 g/mol. The van der Waals surface area contributed by atoms with Crippen molar-refractivity contribution in [3.8, 4) is 0 Å². The number of aliphatic hydroxyl groups excluding tert-OH is 1. The van der Waals surface area contributed by atoms with Gasteiger partial charge in [-0.3, -0.25) is 4.68 Å². The first-order valence-electron chi connectivity index (χ1n) is 8.94. The van der Waals surface area contributed by atoms with Crippen molar-refractivity contribution in [2.75, 3.05) is 6.54 Å². The SMILES string of the molecule is Cc1nn(C)c(C)c1S(=O)(=O)NCC1(c2ccc(C(C)O)s2)CCCC1. The summed E-state index contributed by atoms with van der Waals surface area (Å²) in [7, 11) is -1.87. The molecule has 144 valence electrons. The molecule has 2 aromatic heterocycles. The molecule has 1 atom stereocenters. The number of sulfonamides is 1. The molecule has 8 heteroatoms. The quantitative estimate of drug-likeness (QED) is 0.785. The third-order valence-corrected chi connectivity index (χ3v) is 8.59. The maximum atomic E-state index is 12.9. The zero-order chi connectivity index (χ0) is 19.1. The highest BCUT2D eigenvalue weighted by atomic mass is 32.2. The van der Waals surface area contributed by atoms with Gasteiger partial charge in [0, 0.05) is 28.8 Å². The first kappa shape index (κ1) is 19.5. The Labute approximate surface area is 159 Å². The fourth-order valence-corrected chi connectivity index (χ4v) is 6.62. The van der Waals surface area contributed by atoms with Crippen LogP contribution in [0.5, 0.6) is 0 Å². The fourth-order valence-electron chi connectivity index (χ4n) is 3.87. The van der Waals surface area contributed by atoms with Crippen LogP contribution in [0.2, 0.25) is 0 Å². The van der Waals surface area contributed by atoms with E-state index >= 15 is 0 Å². The van der Waals surface area contributed by atoms with Crippen LogP contribution >= 0.6 is 11.3 Å². The third-order valence-electron chi connectivity index (χ3n) is 5.43. The molecule has 0 bridgehead atoms. The summed E-state index contributed by atoms with van der Waals surface area (Å²) in [6, 6.07) is 4.00. The van der Waals surface area contributed by atoms with Gasteiger partial charge < -0.3 is 5.11 Å². The summed E-state index contributed by atoms with van der Waals surface area (Å²) in [6.45, 7) is 5.63. The molecule has 3 rings (SSSR count). The summed E-state index contributed by atoms with van der Waals surface area (Å²) in [5, 5.41) is 14.1. The molecule has 1 aliphatic carbocycles. The number of aromatic nitrogens is 2. The van der Waals surface area contributed by atoms with Crippen LogP contribution in [0, 0.1) is 13.8 Å². The van der Waals surface area contributed by atoms with E-state index in [2.05, 4.69) is 9.82 Å². The van der Waals surface area contributed by atoms with Crippen molar-refractivity contribution >= 4 is 21.4 Å². The molecule has 26 heavy (non-hydrogen) atoms. The molecular formula is C18H27N3O3S2. The van der Waals surface area contributed by atoms with Gasteiger partial charge in [-0.15, -0.1) is 11.3 Å². The first-order chi connectivity index (χ1) is 12.2. The lowest BCUT2D eigenvalue weighted by atomic mass is 9.85. The number of aliphatic hydroxyl groups is 1. The van der Waals surface area contributed by atoms with Gasteiger partial charge in [0.25, 0.3) is 0 Å². The van der Waals surface area contributed by atoms with Crippen molar-refractivity contribution in [3.63, 3.8) is 0 Å². The van der Waals surface area contributed by atoms with Crippen molar-refractivity contribution in [3.05, 3.63) is 33.3 Å². The zero-order valence-electron chi connectivity index (χ0n) is 15.7. The number of nitrogens with one attached hydrogen (secondary N) is 1. The van der Waals surface area contributed by atoms with Crippen LogP contribution in [-0.2, 0) is 22.5 Å². The van der Waals surface area contributed by atoms with E-state index in [1.165, 1.54) is 0 Å². The van der Waals surface area contributed by atoms with E-state index in [9.17, 15) is 13.5 Å². The molecular weight excluding hydrogens is 370 g/mol. The fraction of sp³-hybridized carbons (Fsp3) is 0.611. The van der Waals surface area contributed by atoms with E-state index in [0.717, 1.165) is 35.4 Å². The van der Waals surface area contributed by atoms with Crippen LogP contribution in [0.4, 0.5) is 0 Å². The number of rotatable bonds is 6. The highest BCUT2D eigenvalue weighted by Gasteiger charge is 2.38. The van der Waals surface area contributed by atoms with Crippen molar-refractivity contribution < 1.29 is 13.5 Å². The Morgan fingerprint density at radius 1 is 1.35 bits per heavy atom. The standard InChI is InChI=1S/C18H27N3O3S2/c1-12-17(13(2)21(4)20-12)26(23,24)19-11-18(9-5-6-10-18)16-8-7-15(25-16)14(3)22/h7-8,14,19,22H,5-6,9-11H2,1-4H3. The molecule has 6 nitrogen and oxygen atoms in total. The Morgan fingerprint density at radius 3 is 2.50 bits per heavy atom. The van der Waals surface area contributed by atoms with Gasteiger partial charge in [-0.1, -0.05) is 12.8 Å². The number of hydrogen-bond acceptors (Lipinski definition) is 5. The van der Waals surface area contributed by atoms with Crippen molar-refractivity contribution in [1.29, 1.82) is 0 Å². The van der Waals surface area contributed by atoms with Crippen LogP contribution < -0.4 is 4.72 Å². The molecule has 0 aromatic carbocycles. The predicted octanol–water partition coefficient (Wildman–Crippen LogP) is 2.94. The number of aryl methyl sites for hydroxylation is 2. The van der Waals surface area contributed by atoms with E-state index in [0.29, 0.717) is 17.9 Å².